The fourth-order valence-electron chi connectivity index (χ4n) is 3.02. The van der Waals surface area contributed by atoms with Crippen LogP contribution in [0.4, 0.5) is 5.69 Å². The first-order chi connectivity index (χ1) is 11.6. The molecule has 4 rings (SSSR count). The van der Waals surface area contributed by atoms with Crippen molar-refractivity contribution >= 4 is 34.1 Å². The Morgan fingerprint density at radius 2 is 2.04 bits per heavy atom. The Balaban J connectivity index is 1.89. The number of benzene rings is 2. The molecule has 24 heavy (non-hydrogen) atoms. The molecule has 0 amide bonds. The Bertz CT molecular complexity index is 988. The van der Waals surface area contributed by atoms with Crippen LogP contribution in [0.25, 0.3) is 22.6 Å². The van der Waals surface area contributed by atoms with E-state index >= 15 is 0 Å². The molecule has 0 bridgehead atoms. The predicted molar refractivity (Wildman–Crippen MR) is 96.7 cm³/mol. The van der Waals surface area contributed by atoms with Gasteiger partial charge in [0.1, 0.15) is 5.84 Å². The summed E-state index contributed by atoms with van der Waals surface area (Å²) in [5.74, 6) is 0.00732. The van der Waals surface area contributed by atoms with Crippen LogP contribution in [0.1, 0.15) is 16.7 Å². The van der Waals surface area contributed by atoms with Crippen molar-refractivity contribution in [2.75, 3.05) is 5.32 Å². The van der Waals surface area contributed by atoms with Gasteiger partial charge in [0.25, 0.3) is 0 Å². The third kappa shape index (κ3) is 2.31. The maximum absolute atomic E-state index is 10.4. The van der Waals surface area contributed by atoms with Crippen LogP contribution < -0.4 is 11.1 Å². The highest BCUT2D eigenvalue weighted by Gasteiger charge is 2.25. The van der Waals surface area contributed by atoms with E-state index in [0.717, 1.165) is 33.3 Å². The van der Waals surface area contributed by atoms with Crippen LogP contribution in [0.2, 0.25) is 0 Å². The Kier molecular flexibility index (Phi) is 3.29. The van der Waals surface area contributed by atoms with Crippen molar-refractivity contribution < 1.29 is 5.11 Å². The van der Waals surface area contributed by atoms with Gasteiger partial charge in [0.05, 0.1) is 5.52 Å². The predicted octanol–water partition coefficient (Wildman–Crippen LogP) is 2.80. The summed E-state index contributed by atoms with van der Waals surface area (Å²) < 4.78 is 0. The second-order valence-electron chi connectivity index (χ2n) is 5.74. The van der Waals surface area contributed by atoms with Gasteiger partial charge in [-0.3, -0.25) is 10.4 Å². The van der Waals surface area contributed by atoms with E-state index in [1.54, 1.807) is 12.3 Å². The maximum atomic E-state index is 10.4. The quantitative estimate of drug-likeness (QED) is 0.432. The minimum Gasteiger partial charge on any atom is -0.384 e. The van der Waals surface area contributed by atoms with E-state index in [0.29, 0.717) is 5.56 Å². The molecule has 1 atom stereocenters. The van der Waals surface area contributed by atoms with Crippen LogP contribution in [0, 0.1) is 5.41 Å². The fraction of sp³-hybridized carbons (Fsp3) is 0.0526. The number of hydrogen-bond donors (Lipinski definition) is 4. The Labute approximate surface area is 139 Å². The Morgan fingerprint density at radius 1 is 1.21 bits per heavy atom. The first kappa shape index (κ1) is 14.4. The van der Waals surface area contributed by atoms with Crippen molar-refractivity contribution in [1.29, 1.82) is 5.41 Å². The lowest BCUT2D eigenvalue weighted by atomic mass is 9.99. The number of hydrogen-bond acceptors (Lipinski definition) is 4. The molecule has 1 aromatic heterocycles. The third-order valence-electron chi connectivity index (χ3n) is 4.22. The van der Waals surface area contributed by atoms with Crippen LogP contribution >= 0.6 is 0 Å². The van der Waals surface area contributed by atoms with Gasteiger partial charge in [-0.05, 0) is 42.0 Å². The molecule has 0 spiro atoms. The number of pyridine rings is 1. The SMILES string of the molecule is N=C(N)c1ccc2c(c1)C(=Cc1ccnc3ccccc13)C(O)N2. The number of aliphatic hydroxyl groups excluding tert-OH is 1. The van der Waals surface area contributed by atoms with E-state index in [1.807, 2.05) is 48.5 Å². The van der Waals surface area contributed by atoms with Gasteiger partial charge in [-0.1, -0.05) is 18.2 Å². The summed E-state index contributed by atoms with van der Waals surface area (Å²) in [7, 11) is 0. The molecule has 0 aliphatic carbocycles. The van der Waals surface area contributed by atoms with Crippen molar-refractivity contribution in [3.63, 3.8) is 0 Å². The molecule has 5 heteroatoms. The van der Waals surface area contributed by atoms with Gasteiger partial charge >= 0.3 is 0 Å². The van der Waals surface area contributed by atoms with Gasteiger partial charge in [-0.25, -0.2) is 0 Å². The van der Waals surface area contributed by atoms with Gasteiger partial charge in [0.2, 0.25) is 0 Å². The average Bonchev–Trinajstić information content (AvgIpc) is 2.90. The Hall–Kier alpha value is -3.18. The third-order valence-corrected chi connectivity index (χ3v) is 4.22. The molecule has 2 aromatic carbocycles. The number of aliphatic hydroxyl groups is 1. The number of rotatable bonds is 2. The number of nitrogens with zero attached hydrogens (tertiary/aromatic N) is 1. The summed E-state index contributed by atoms with van der Waals surface area (Å²) in [5, 5.41) is 22.1. The molecule has 0 radical (unpaired) electrons. The molecule has 5 N–H and O–H groups in total. The lowest BCUT2D eigenvalue weighted by Crippen LogP contribution is -2.12. The van der Waals surface area contributed by atoms with E-state index in [9.17, 15) is 5.11 Å². The largest absolute Gasteiger partial charge is 0.384 e. The topological polar surface area (TPSA) is 95.0 Å². The summed E-state index contributed by atoms with van der Waals surface area (Å²) >= 11 is 0. The van der Waals surface area contributed by atoms with Crippen molar-refractivity contribution in [3.8, 4) is 0 Å². The first-order valence-electron chi connectivity index (χ1n) is 7.62. The lowest BCUT2D eigenvalue weighted by Gasteiger charge is -2.07. The molecular weight excluding hydrogens is 300 g/mol. The van der Waals surface area contributed by atoms with E-state index in [-0.39, 0.29) is 5.84 Å². The molecule has 118 valence electrons. The van der Waals surface area contributed by atoms with Gasteiger partial charge < -0.3 is 16.2 Å². The van der Waals surface area contributed by atoms with Crippen LogP contribution in [-0.2, 0) is 0 Å². The zero-order valence-electron chi connectivity index (χ0n) is 12.8. The first-order valence-corrected chi connectivity index (χ1v) is 7.62. The van der Waals surface area contributed by atoms with E-state index < -0.39 is 6.23 Å². The highest BCUT2D eigenvalue weighted by atomic mass is 16.3. The summed E-state index contributed by atoms with van der Waals surface area (Å²) in [6, 6.07) is 15.3. The fourth-order valence-corrected chi connectivity index (χ4v) is 3.02. The summed E-state index contributed by atoms with van der Waals surface area (Å²) in [5.41, 5.74) is 10.6. The van der Waals surface area contributed by atoms with Gasteiger partial charge in [-0.2, -0.15) is 0 Å². The van der Waals surface area contributed by atoms with Gasteiger partial charge in [-0.15, -0.1) is 0 Å². The number of nitrogens with two attached hydrogens (primary N) is 1. The number of aromatic nitrogens is 1. The second-order valence-corrected chi connectivity index (χ2v) is 5.74. The molecule has 2 heterocycles. The van der Waals surface area contributed by atoms with Crippen LogP contribution in [0.15, 0.2) is 54.7 Å². The number of para-hydroxylation sites is 1. The molecular formula is C19H16N4O. The summed E-state index contributed by atoms with van der Waals surface area (Å²) in [6.07, 6.45) is 2.92. The molecule has 0 saturated heterocycles. The zero-order valence-corrected chi connectivity index (χ0v) is 12.8. The zero-order chi connectivity index (χ0) is 16.7. The van der Waals surface area contributed by atoms with Gasteiger partial charge in [0.15, 0.2) is 6.23 Å². The van der Waals surface area contributed by atoms with Crippen molar-refractivity contribution in [2.24, 2.45) is 5.73 Å². The van der Waals surface area contributed by atoms with Gasteiger partial charge in [0, 0.05) is 34.0 Å². The maximum Gasteiger partial charge on any atom is 0.151 e. The number of fused-ring (bicyclic) bond motifs is 2. The number of nitrogens with one attached hydrogen (secondary N) is 2. The molecule has 1 aliphatic rings. The smallest absolute Gasteiger partial charge is 0.151 e. The van der Waals surface area contributed by atoms with E-state index in [1.165, 1.54) is 0 Å². The molecule has 3 aromatic rings. The molecule has 1 aliphatic heterocycles. The number of nitrogen functional groups attached to an aromatic ring is 1. The standard InChI is InChI=1S/C19H16N4O/c20-18(21)12-5-6-17-14(10-12)15(19(24)23-17)9-11-7-8-22-16-4-2-1-3-13(11)16/h1-10,19,23-24H,(H3,20,21). The molecule has 0 saturated carbocycles. The normalized spacial score (nSPS) is 17.7. The highest BCUT2D eigenvalue weighted by molar-refractivity contribution is 6.02. The highest BCUT2D eigenvalue weighted by Crippen LogP contribution is 2.36. The van der Waals surface area contributed by atoms with E-state index in [4.69, 9.17) is 11.1 Å². The van der Waals surface area contributed by atoms with Crippen LogP contribution in [0.3, 0.4) is 0 Å². The van der Waals surface area contributed by atoms with Crippen molar-refractivity contribution in [3.05, 3.63) is 71.4 Å². The summed E-state index contributed by atoms with van der Waals surface area (Å²) in [4.78, 5) is 4.37. The van der Waals surface area contributed by atoms with E-state index in [2.05, 4.69) is 10.3 Å². The molecule has 0 fully saturated rings. The summed E-state index contributed by atoms with van der Waals surface area (Å²) in [6.45, 7) is 0. The lowest BCUT2D eigenvalue weighted by molar-refractivity contribution is 0.266. The Morgan fingerprint density at radius 3 is 2.88 bits per heavy atom. The van der Waals surface area contributed by atoms with Crippen LogP contribution in [0.5, 0.6) is 0 Å². The van der Waals surface area contributed by atoms with Crippen molar-refractivity contribution in [1.82, 2.24) is 4.98 Å². The molecule has 5 nitrogen and oxygen atoms in total. The van der Waals surface area contributed by atoms with Crippen molar-refractivity contribution in [2.45, 2.75) is 6.23 Å². The monoisotopic (exact) mass is 316 g/mol. The second kappa shape index (κ2) is 5.47. The number of anilines is 1. The molecule has 1 unspecified atom stereocenters. The number of amidine groups is 1. The minimum absolute atomic E-state index is 0.00732. The van der Waals surface area contributed by atoms with Crippen LogP contribution in [-0.4, -0.2) is 22.2 Å². The average molecular weight is 316 g/mol. The minimum atomic E-state index is -0.797.